The number of urea groups is 1. The summed E-state index contributed by atoms with van der Waals surface area (Å²) in [4.78, 5) is 11.8. The first-order valence-electron chi connectivity index (χ1n) is 7.00. The summed E-state index contributed by atoms with van der Waals surface area (Å²) in [5.41, 5.74) is 0.915. The second-order valence-corrected chi connectivity index (χ2v) is 4.91. The van der Waals surface area contributed by atoms with Crippen molar-refractivity contribution in [2.45, 2.75) is 18.9 Å². The second-order valence-electron chi connectivity index (χ2n) is 4.91. The maximum absolute atomic E-state index is 11.8. The molecule has 2 amide bonds. The molecule has 6 heteroatoms. The van der Waals surface area contributed by atoms with Crippen LogP contribution in [0.1, 0.15) is 12.8 Å². The van der Waals surface area contributed by atoms with E-state index in [-0.39, 0.29) is 12.1 Å². The van der Waals surface area contributed by atoms with Crippen molar-refractivity contribution in [2.75, 3.05) is 18.5 Å². The molecule has 1 saturated heterocycles. The maximum Gasteiger partial charge on any atom is 0.320 e. The Balaban J connectivity index is 1.53. The topological polar surface area (TPSA) is 76.4 Å². The van der Waals surface area contributed by atoms with Crippen LogP contribution in [0.25, 0.3) is 11.3 Å². The van der Waals surface area contributed by atoms with Gasteiger partial charge in [-0.1, -0.05) is 35.5 Å². The van der Waals surface area contributed by atoms with Gasteiger partial charge < -0.3 is 14.6 Å². The number of benzene rings is 1. The molecular weight excluding hydrogens is 270 g/mol. The van der Waals surface area contributed by atoms with Crippen LogP contribution in [0.15, 0.2) is 40.9 Å². The van der Waals surface area contributed by atoms with Gasteiger partial charge in [0.1, 0.15) is 0 Å². The van der Waals surface area contributed by atoms with Gasteiger partial charge in [-0.3, -0.25) is 5.32 Å². The molecule has 6 nitrogen and oxygen atoms in total. The van der Waals surface area contributed by atoms with E-state index in [1.54, 1.807) is 6.07 Å². The Hall–Kier alpha value is -2.34. The first-order chi connectivity index (χ1) is 10.3. The van der Waals surface area contributed by atoms with Gasteiger partial charge in [0.2, 0.25) is 0 Å². The smallest absolute Gasteiger partial charge is 0.320 e. The number of hydrogen-bond acceptors (Lipinski definition) is 4. The van der Waals surface area contributed by atoms with Crippen molar-refractivity contribution in [3.63, 3.8) is 0 Å². The summed E-state index contributed by atoms with van der Waals surface area (Å²) in [5.74, 6) is 1.00. The number of nitrogens with one attached hydrogen (secondary N) is 2. The third kappa shape index (κ3) is 3.61. The lowest BCUT2D eigenvalue weighted by Crippen LogP contribution is -2.35. The Labute approximate surface area is 122 Å². The van der Waals surface area contributed by atoms with Crippen molar-refractivity contribution < 1.29 is 14.1 Å². The van der Waals surface area contributed by atoms with Gasteiger partial charge in [0, 0.05) is 24.8 Å². The molecule has 1 aromatic heterocycles. The van der Waals surface area contributed by atoms with E-state index in [0.717, 1.165) is 25.0 Å². The zero-order chi connectivity index (χ0) is 14.5. The molecular formula is C15H17N3O3. The minimum absolute atomic E-state index is 0.118. The Morgan fingerprint density at radius 1 is 1.33 bits per heavy atom. The summed E-state index contributed by atoms with van der Waals surface area (Å²) in [6.45, 7) is 1.28. The van der Waals surface area contributed by atoms with E-state index in [2.05, 4.69) is 15.8 Å². The summed E-state index contributed by atoms with van der Waals surface area (Å²) in [7, 11) is 0. The van der Waals surface area contributed by atoms with E-state index in [1.165, 1.54) is 0 Å². The second kappa shape index (κ2) is 6.41. The number of anilines is 1. The summed E-state index contributed by atoms with van der Waals surface area (Å²) in [6, 6.07) is 11.0. The van der Waals surface area contributed by atoms with Crippen molar-refractivity contribution in [2.24, 2.45) is 0 Å². The highest BCUT2D eigenvalue weighted by Gasteiger charge is 2.16. The van der Waals surface area contributed by atoms with Crippen LogP contribution in [0.3, 0.4) is 0 Å². The van der Waals surface area contributed by atoms with Crippen LogP contribution in [-0.4, -0.2) is 30.4 Å². The van der Waals surface area contributed by atoms with E-state index in [9.17, 15) is 4.79 Å². The standard InChI is InChI=1S/C15H17N3O3/c19-15(16-10-12-7-4-8-20-12)17-14-9-13(21-18-14)11-5-2-1-3-6-11/h1-3,5-6,9,12H,4,7-8,10H2,(H2,16,17,18,19). The fourth-order valence-electron chi connectivity index (χ4n) is 2.24. The highest BCUT2D eigenvalue weighted by Crippen LogP contribution is 2.21. The maximum atomic E-state index is 11.8. The first-order valence-corrected chi connectivity index (χ1v) is 7.00. The van der Waals surface area contributed by atoms with E-state index >= 15 is 0 Å². The average molecular weight is 287 g/mol. The molecule has 1 atom stereocenters. The predicted octanol–water partition coefficient (Wildman–Crippen LogP) is 2.64. The number of rotatable bonds is 4. The lowest BCUT2D eigenvalue weighted by molar-refractivity contribution is 0.112. The third-order valence-corrected chi connectivity index (χ3v) is 3.32. The van der Waals surface area contributed by atoms with Gasteiger partial charge in [0.25, 0.3) is 0 Å². The largest absolute Gasteiger partial charge is 0.376 e. The fraction of sp³-hybridized carbons (Fsp3) is 0.333. The van der Waals surface area contributed by atoms with Crippen LogP contribution in [0, 0.1) is 0 Å². The van der Waals surface area contributed by atoms with E-state index in [4.69, 9.17) is 9.26 Å². The first kappa shape index (κ1) is 13.6. The molecule has 0 spiro atoms. The average Bonchev–Trinajstić information content (AvgIpc) is 3.17. The number of hydrogen-bond donors (Lipinski definition) is 2. The van der Waals surface area contributed by atoms with Gasteiger partial charge in [-0.2, -0.15) is 0 Å². The molecule has 1 aromatic carbocycles. The Kier molecular flexibility index (Phi) is 4.16. The minimum atomic E-state index is -0.307. The molecule has 2 heterocycles. The molecule has 1 aliphatic rings. The molecule has 2 N–H and O–H groups in total. The molecule has 3 rings (SSSR count). The van der Waals surface area contributed by atoms with E-state index in [0.29, 0.717) is 18.1 Å². The summed E-state index contributed by atoms with van der Waals surface area (Å²) < 4.78 is 10.7. The Bertz CT molecular complexity index is 591. The Morgan fingerprint density at radius 2 is 2.19 bits per heavy atom. The fourth-order valence-corrected chi connectivity index (χ4v) is 2.24. The molecule has 1 unspecified atom stereocenters. The molecule has 0 bridgehead atoms. The lowest BCUT2D eigenvalue weighted by Gasteiger charge is -2.10. The highest BCUT2D eigenvalue weighted by atomic mass is 16.5. The summed E-state index contributed by atoms with van der Waals surface area (Å²) in [6.07, 6.45) is 2.16. The number of carbonyl (C=O) groups is 1. The van der Waals surface area contributed by atoms with Crippen LogP contribution in [0.5, 0.6) is 0 Å². The Morgan fingerprint density at radius 3 is 2.95 bits per heavy atom. The van der Waals surface area contributed by atoms with Crippen molar-refractivity contribution in [3.8, 4) is 11.3 Å². The number of nitrogens with zero attached hydrogens (tertiary/aromatic N) is 1. The normalized spacial score (nSPS) is 17.6. The number of ether oxygens (including phenoxy) is 1. The molecule has 2 aromatic rings. The molecule has 1 fully saturated rings. The zero-order valence-electron chi connectivity index (χ0n) is 11.5. The molecule has 21 heavy (non-hydrogen) atoms. The van der Waals surface area contributed by atoms with Crippen LogP contribution < -0.4 is 10.6 Å². The van der Waals surface area contributed by atoms with Crippen LogP contribution >= 0.6 is 0 Å². The highest BCUT2D eigenvalue weighted by molar-refractivity contribution is 5.88. The molecule has 0 radical (unpaired) electrons. The molecule has 0 aliphatic carbocycles. The summed E-state index contributed by atoms with van der Waals surface area (Å²) >= 11 is 0. The minimum Gasteiger partial charge on any atom is -0.376 e. The van der Waals surface area contributed by atoms with Crippen molar-refractivity contribution >= 4 is 11.8 Å². The van der Waals surface area contributed by atoms with Gasteiger partial charge in [0.05, 0.1) is 6.10 Å². The van der Waals surface area contributed by atoms with Gasteiger partial charge in [-0.25, -0.2) is 4.79 Å². The van der Waals surface area contributed by atoms with Crippen LogP contribution in [0.4, 0.5) is 10.6 Å². The zero-order valence-corrected chi connectivity index (χ0v) is 11.5. The van der Waals surface area contributed by atoms with Crippen molar-refractivity contribution in [1.29, 1.82) is 0 Å². The van der Waals surface area contributed by atoms with E-state index in [1.807, 2.05) is 30.3 Å². The quantitative estimate of drug-likeness (QED) is 0.906. The van der Waals surface area contributed by atoms with Gasteiger partial charge in [-0.05, 0) is 12.8 Å². The number of carbonyl (C=O) groups excluding carboxylic acids is 1. The van der Waals surface area contributed by atoms with Crippen LogP contribution in [0.2, 0.25) is 0 Å². The third-order valence-electron chi connectivity index (χ3n) is 3.32. The predicted molar refractivity (Wildman–Crippen MR) is 77.9 cm³/mol. The van der Waals surface area contributed by atoms with Gasteiger partial charge >= 0.3 is 6.03 Å². The van der Waals surface area contributed by atoms with Gasteiger partial charge in [0.15, 0.2) is 11.6 Å². The van der Waals surface area contributed by atoms with Crippen molar-refractivity contribution in [1.82, 2.24) is 10.5 Å². The number of aromatic nitrogens is 1. The van der Waals surface area contributed by atoms with Crippen molar-refractivity contribution in [3.05, 3.63) is 36.4 Å². The van der Waals surface area contributed by atoms with Crippen LogP contribution in [-0.2, 0) is 4.74 Å². The molecule has 0 saturated carbocycles. The summed E-state index contributed by atoms with van der Waals surface area (Å²) in [5, 5.41) is 9.25. The van der Waals surface area contributed by atoms with E-state index < -0.39 is 0 Å². The lowest BCUT2D eigenvalue weighted by atomic mass is 10.2. The number of amides is 2. The molecule has 1 aliphatic heterocycles. The molecule has 110 valence electrons. The van der Waals surface area contributed by atoms with Gasteiger partial charge in [-0.15, -0.1) is 0 Å². The monoisotopic (exact) mass is 287 g/mol. The SMILES string of the molecule is O=C(NCC1CCCO1)Nc1cc(-c2ccccc2)on1.